The molecule has 0 spiro atoms. The Morgan fingerprint density at radius 1 is 1.21 bits per heavy atom. The second-order valence-corrected chi connectivity index (χ2v) is 12.7. The first-order valence-corrected chi connectivity index (χ1v) is 14.9. The molecule has 0 aliphatic carbocycles. The number of pyridine rings is 1. The van der Waals surface area contributed by atoms with Crippen molar-refractivity contribution in [2.75, 3.05) is 64.5 Å². The monoisotopic (exact) mass is 579 g/mol. The van der Waals surface area contributed by atoms with Crippen molar-refractivity contribution in [1.82, 2.24) is 29.7 Å². The Morgan fingerprint density at radius 2 is 2.05 bits per heavy atom. The Labute approximate surface area is 246 Å². The van der Waals surface area contributed by atoms with Gasteiger partial charge in [-0.25, -0.2) is 13.9 Å². The predicted octanol–water partition coefficient (Wildman–Crippen LogP) is 2.48. The molecule has 2 aromatic heterocycles. The zero-order valence-electron chi connectivity index (χ0n) is 25.3. The van der Waals surface area contributed by atoms with Gasteiger partial charge in [0.2, 0.25) is 5.91 Å². The highest BCUT2D eigenvalue weighted by Gasteiger charge is 2.42. The highest BCUT2D eigenvalue weighted by atomic mass is 19.1. The SMILES string of the molecule is COc1cc(F)ccc1Cc1cc2c(n3ncnc13)C(C)(C)CN2C(=O)CN1C[C@@H](C)NC[C@@H]1CN1CCOC[C@H]1C. The van der Waals surface area contributed by atoms with E-state index in [2.05, 4.69) is 59.0 Å². The van der Waals surface area contributed by atoms with Gasteiger partial charge in [-0.1, -0.05) is 19.9 Å². The molecule has 2 saturated heterocycles. The lowest BCUT2D eigenvalue weighted by Gasteiger charge is -2.43. The van der Waals surface area contributed by atoms with Crippen LogP contribution in [0.5, 0.6) is 5.75 Å². The number of benzene rings is 1. The molecule has 1 N–H and O–H groups in total. The molecule has 1 aromatic carbocycles. The average molecular weight is 580 g/mol. The Hall–Kier alpha value is -3.12. The molecule has 11 heteroatoms. The molecule has 6 rings (SSSR count). The minimum atomic E-state index is -0.348. The summed E-state index contributed by atoms with van der Waals surface area (Å²) in [7, 11) is 1.54. The van der Waals surface area contributed by atoms with Crippen molar-refractivity contribution >= 4 is 17.2 Å². The highest BCUT2D eigenvalue weighted by Crippen LogP contribution is 2.42. The minimum absolute atomic E-state index is 0.0840. The Morgan fingerprint density at radius 3 is 2.83 bits per heavy atom. The molecule has 10 nitrogen and oxygen atoms in total. The van der Waals surface area contributed by atoms with Gasteiger partial charge in [0.1, 0.15) is 17.9 Å². The first kappa shape index (κ1) is 29.0. The fourth-order valence-corrected chi connectivity index (χ4v) is 6.82. The number of aromatic nitrogens is 3. The van der Waals surface area contributed by atoms with Crippen molar-refractivity contribution in [3.05, 3.63) is 53.2 Å². The molecular formula is C31H42FN7O3. The zero-order chi connectivity index (χ0) is 29.6. The van der Waals surface area contributed by atoms with Gasteiger partial charge in [0.05, 0.1) is 38.2 Å². The second-order valence-electron chi connectivity index (χ2n) is 12.7. The Bertz CT molecular complexity index is 1460. The second kappa shape index (κ2) is 11.5. The number of hydrogen-bond acceptors (Lipinski definition) is 8. The number of amides is 1. The molecule has 3 atom stereocenters. The lowest BCUT2D eigenvalue weighted by molar-refractivity contribution is -0.121. The molecule has 0 unspecified atom stereocenters. The average Bonchev–Trinajstić information content (AvgIpc) is 3.54. The van der Waals surface area contributed by atoms with E-state index in [0.29, 0.717) is 37.3 Å². The van der Waals surface area contributed by atoms with Crippen molar-refractivity contribution in [2.45, 2.75) is 57.7 Å². The highest BCUT2D eigenvalue weighted by molar-refractivity contribution is 5.97. The van der Waals surface area contributed by atoms with E-state index in [1.54, 1.807) is 19.5 Å². The van der Waals surface area contributed by atoms with Gasteiger partial charge in [-0.2, -0.15) is 5.10 Å². The summed E-state index contributed by atoms with van der Waals surface area (Å²) >= 11 is 0. The van der Waals surface area contributed by atoms with Gasteiger partial charge in [0.25, 0.3) is 0 Å². The van der Waals surface area contributed by atoms with E-state index in [4.69, 9.17) is 9.47 Å². The lowest BCUT2D eigenvalue weighted by Crippen LogP contribution is -2.62. The summed E-state index contributed by atoms with van der Waals surface area (Å²) in [6.45, 7) is 14.6. The molecule has 0 saturated carbocycles. The molecule has 5 heterocycles. The first-order chi connectivity index (χ1) is 20.1. The fraction of sp³-hybridized carbons (Fsp3) is 0.581. The van der Waals surface area contributed by atoms with Crippen LogP contribution in [-0.2, 0) is 21.4 Å². The molecule has 2 fully saturated rings. The molecule has 3 aliphatic rings. The van der Waals surface area contributed by atoms with Crippen LogP contribution in [0.3, 0.4) is 0 Å². The van der Waals surface area contributed by atoms with Gasteiger partial charge in [-0.05, 0) is 31.5 Å². The van der Waals surface area contributed by atoms with Crippen molar-refractivity contribution in [3.8, 4) is 5.75 Å². The van der Waals surface area contributed by atoms with Crippen LogP contribution in [0.2, 0.25) is 0 Å². The van der Waals surface area contributed by atoms with Crippen molar-refractivity contribution in [1.29, 1.82) is 0 Å². The molecule has 3 aliphatic heterocycles. The molecule has 3 aromatic rings. The number of nitrogens with one attached hydrogen (secondary N) is 1. The number of ether oxygens (including phenoxy) is 2. The number of morpholine rings is 1. The van der Waals surface area contributed by atoms with E-state index >= 15 is 0 Å². The Kier molecular flexibility index (Phi) is 7.95. The molecule has 0 radical (unpaired) electrons. The maximum atomic E-state index is 14.2. The number of hydrogen-bond donors (Lipinski definition) is 1. The van der Waals surface area contributed by atoms with E-state index in [1.807, 2.05) is 9.42 Å². The minimum Gasteiger partial charge on any atom is -0.496 e. The number of nitrogens with zero attached hydrogens (tertiary/aromatic N) is 6. The van der Waals surface area contributed by atoms with E-state index in [1.165, 1.54) is 12.1 Å². The molecule has 226 valence electrons. The van der Waals surface area contributed by atoms with Crippen molar-refractivity contribution in [3.63, 3.8) is 0 Å². The number of carbonyl (C=O) groups is 1. The number of anilines is 1. The summed E-state index contributed by atoms with van der Waals surface area (Å²) < 4.78 is 26.9. The van der Waals surface area contributed by atoms with Crippen molar-refractivity contribution < 1.29 is 18.7 Å². The van der Waals surface area contributed by atoms with Gasteiger partial charge in [-0.15, -0.1) is 0 Å². The van der Waals surface area contributed by atoms with Crippen LogP contribution in [-0.4, -0.2) is 108 Å². The largest absolute Gasteiger partial charge is 0.496 e. The smallest absolute Gasteiger partial charge is 0.241 e. The third kappa shape index (κ3) is 5.50. The van der Waals surface area contributed by atoms with E-state index in [0.717, 1.165) is 67.5 Å². The van der Waals surface area contributed by atoms with E-state index in [-0.39, 0.29) is 23.2 Å². The van der Waals surface area contributed by atoms with Crippen LogP contribution in [0.1, 0.15) is 44.5 Å². The van der Waals surface area contributed by atoms with Crippen LogP contribution in [0.15, 0.2) is 30.6 Å². The molecule has 1 amide bonds. The maximum Gasteiger partial charge on any atom is 0.241 e. The van der Waals surface area contributed by atoms with E-state index < -0.39 is 0 Å². The summed E-state index contributed by atoms with van der Waals surface area (Å²) in [4.78, 5) is 25.5. The zero-order valence-corrected chi connectivity index (χ0v) is 25.3. The number of fused-ring (bicyclic) bond motifs is 3. The van der Waals surface area contributed by atoms with Crippen LogP contribution in [0.25, 0.3) is 5.65 Å². The maximum absolute atomic E-state index is 14.2. The summed E-state index contributed by atoms with van der Waals surface area (Å²) in [6.07, 6.45) is 2.03. The standard InChI is InChI=1S/C31H42FN7O3/c1-20-14-37(25(13-33-20)15-36-8-9-42-17-21(36)2)16-28(40)38-18-31(3,4)29-26(38)11-23(30-34-19-35-39(29)30)10-22-6-7-24(32)12-27(22)41-5/h6-7,11-12,19-21,25,33H,8-10,13-18H2,1-5H3/t20-,21-,25-/m1/s1. The van der Waals surface area contributed by atoms with Gasteiger partial charge in [0, 0.05) is 74.3 Å². The topological polar surface area (TPSA) is 87.5 Å². The van der Waals surface area contributed by atoms with Gasteiger partial charge in [-0.3, -0.25) is 14.6 Å². The number of halogens is 1. The van der Waals surface area contributed by atoms with Crippen molar-refractivity contribution in [2.24, 2.45) is 0 Å². The van der Waals surface area contributed by atoms with Crippen LogP contribution >= 0.6 is 0 Å². The van der Waals surface area contributed by atoms with Gasteiger partial charge < -0.3 is 19.7 Å². The molecule has 42 heavy (non-hydrogen) atoms. The molecular weight excluding hydrogens is 537 g/mol. The number of piperazine rings is 1. The van der Waals surface area contributed by atoms with E-state index in [9.17, 15) is 9.18 Å². The Balaban J connectivity index is 1.30. The number of carbonyl (C=O) groups excluding carboxylic acids is 1. The lowest BCUT2D eigenvalue weighted by atomic mass is 9.90. The van der Waals surface area contributed by atoms with Crippen LogP contribution in [0, 0.1) is 5.82 Å². The quantitative estimate of drug-likeness (QED) is 0.457. The predicted molar refractivity (Wildman–Crippen MR) is 159 cm³/mol. The van der Waals surface area contributed by atoms with Crippen LogP contribution < -0.4 is 15.0 Å². The molecule has 0 bridgehead atoms. The summed E-state index contributed by atoms with van der Waals surface area (Å²) in [5.74, 6) is 0.218. The number of rotatable bonds is 7. The third-order valence-electron chi connectivity index (χ3n) is 9.03. The number of methoxy groups -OCH3 is 1. The summed E-state index contributed by atoms with van der Waals surface area (Å²) in [5.41, 5.74) is 4.00. The summed E-state index contributed by atoms with van der Waals surface area (Å²) in [5, 5.41) is 8.21. The van der Waals surface area contributed by atoms with Gasteiger partial charge in [0.15, 0.2) is 5.65 Å². The van der Waals surface area contributed by atoms with Crippen LogP contribution in [0.4, 0.5) is 10.1 Å². The summed E-state index contributed by atoms with van der Waals surface area (Å²) in [6, 6.07) is 7.55. The van der Waals surface area contributed by atoms with Gasteiger partial charge >= 0.3 is 0 Å². The first-order valence-electron chi connectivity index (χ1n) is 14.9. The fourth-order valence-electron chi connectivity index (χ4n) is 6.82. The normalized spacial score (nSPS) is 24.7. The third-order valence-corrected chi connectivity index (χ3v) is 9.03.